The van der Waals surface area contributed by atoms with Crippen molar-refractivity contribution < 1.29 is 13.2 Å². The normalized spacial score (nSPS) is 18.5. The SMILES string of the molecule is CNc1nc2c(c(C(=O)N3CCCC3)n1)CN(S(=O)(=O)C(C)C)CC2. The molecule has 2 aliphatic rings. The number of carbonyl (C=O) groups excluding carboxylic acids is 1. The van der Waals surface area contributed by atoms with Crippen LogP contribution >= 0.6 is 0 Å². The Bertz CT molecular complexity index is 772. The third kappa shape index (κ3) is 3.35. The van der Waals surface area contributed by atoms with Gasteiger partial charge in [0.25, 0.3) is 5.91 Å². The minimum absolute atomic E-state index is 0.128. The van der Waals surface area contributed by atoms with E-state index in [-0.39, 0.29) is 12.5 Å². The third-order valence-corrected chi connectivity index (χ3v) is 7.02. The molecule has 1 N–H and O–H groups in total. The van der Waals surface area contributed by atoms with Crippen LogP contribution in [0.2, 0.25) is 0 Å². The van der Waals surface area contributed by atoms with Crippen molar-refractivity contribution in [3.63, 3.8) is 0 Å². The molecule has 0 radical (unpaired) electrons. The van der Waals surface area contributed by atoms with Gasteiger partial charge in [0.15, 0.2) is 0 Å². The molecule has 1 saturated heterocycles. The maximum absolute atomic E-state index is 12.9. The van der Waals surface area contributed by atoms with Gasteiger partial charge < -0.3 is 10.2 Å². The predicted molar refractivity (Wildman–Crippen MR) is 94.9 cm³/mol. The van der Waals surface area contributed by atoms with Crippen LogP contribution in [0.1, 0.15) is 48.4 Å². The highest BCUT2D eigenvalue weighted by Crippen LogP contribution is 2.26. The number of amides is 1. The number of hydrogen-bond acceptors (Lipinski definition) is 6. The van der Waals surface area contributed by atoms with Crippen molar-refractivity contribution in [2.75, 3.05) is 32.0 Å². The van der Waals surface area contributed by atoms with Crippen molar-refractivity contribution in [2.45, 2.75) is 44.9 Å². The fourth-order valence-corrected chi connectivity index (χ4v) is 4.51. The molecule has 1 aromatic rings. The van der Waals surface area contributed by atoms with E-state index in [0.29, 0.717) is 30.2 Å². The number of nitrogens with zero attached hydrogens (tertiary/aromatic N) is 4. The molecule has 0 spiro atoms. The number of fused-ring (bicyclic) bond motifs is 1. The van der Waals surface area contributed by atoms with Crippen LogP contribution < -0.4 is 5.32 Å². The fourth-order valence-electron chi connectivity index (χ4n) is 3.26. The molecule has 9 heteroatoms. The molecule has 0 aromatic carbocycles. The van der Waals surface area contributed by atoms with Gasteiger partial charge in [-0.1, -0.05) is 0 Å². The second kappa shape index (κ2) is 6.87. The number of likely N-dealkylation sites (tertiary alicyclic amines) is 1. The fraction of sp³-hybridized carbons (Fsp3) is 0.688. The highest BCUT2D eigenvalue weighted by atomic mass is 32.2. The minimum atomic E-state index is -3.38. The summed E-state index contributed by atoms with van der Waals surface area (Å²) in [6.45, 7) is 5.32. The zero-order valence-electron chi connectivity index (χ0n) is 14.9. The summed E-state index contributed by atoms with van der Waals surface area (Å²) in [5.74, 6) is 0.276. The molecule has 0 bridgehead atoms. The topological polar surface area (TPSA) is 95.5 Å². The molecular formula is C16H25N5O3S. The van der Waals surface area contributed by atoms with Gasteiger partial charge in [0.05, 0.1) is 10.9 Å². The molecule has 1 aromatic heterocycles. The van der Waals surface area contributed by atoms with Crippen molar-refractivity contribution in [3.05, 3.63) is 17.0 Å². The smallest absolute Gasteiger partial charge is 0.273 e. The van der Waals surface area contributed by atoms with Crippen molar-refractivity contribution in [3.8, 4) is 0 Å². The second-order valence-electron chi connectivity index (χ2n) is 6.75. The molecule has 0 aliphatic carbocycles. The van der Waals surface area contributed by atoms with E-state index >= 15 is 0 Å². The van der Waals surface area contributed by atoms with Gasteiger partial charge in [-0.3, -0.25) is 4.79 Å². The third-order valence-electron chi connectivity index (χ3n) is 4.80. The molecule has 1 fully saturated rings. The molecule has 8 nitrogen and oxygen atoms in total. The van der Waals surface area contributed by atoms with E-state index in [4.69, 9.17) is 0 Å². The number of aromatic nitrogens is 2. The van der Waals surface area contributed by atoms with Crippen LogP contribution in [0.5, 0.6) is 0 Å². The summed E-state index contributed by atoms with van der Waals surface area (Å²) in [5, 5.41) is 2.40. The predicted octanol–water partition coefficient (Wildman–Crippen LogP) is 0.851. The van der Waals surface area contributed by atoms with Gasteiger partial charge in [-0.05, 0) is 26.7 Å². The molecular weight excluding hydrogens is 342 g/mol. The Morgan fingerprint density at radius 2 is 1.84 bits per heavy atom. The second-order valence-corrected chi connectivity index (χ2v) is 9.24. The number of nitrogens with one attached hydrogen (secondary N) is 1. The standard InChI is InChI=1S/C16H25N5O3S/c1-11(2)25(23,24)21-9-6-13-12(10-21)14(19-16(17-3)18-13)15(22)20-7-4-5-8-20/h11H,4-10H2,1-3H3,(H,17,18,19). The van der Waals surface area contributed by atoms with Crippen LogP contribution in [0.15, 0.2) is 0 Å². The Balaban J connectivity index is 2.00. The number of carbonyl (C=O) groups is 1. The molecule has 25 heavy (non-hydrogen) atoms. The summed E-state index contributed by atoms with van der Waals surface area (Å²) < 4.78 is 26.5. The first-order chi connectivity index (χ1) is 11.8. The van der Waals surface area contributed by atoms with Gasteiger partial charge in [0.1, 0.15) is 5.69 Å². The van der Waals surface area contributed by atoms with E-state index in [1.807, 2.05) is 0 Å². The lowest BCUT2D eigenvalue weighted by Gasteiger charge is -2.30. The zero-order valence-corrected chi connectivity index (χ0v) is 15.8. The zero-order chi connectivity index (χ0) is 18.2. The maximum Gasteiger partial charge on any atom is 0.273 e. The summed E-state index contributed by atoms with van der Waals surface area (Å²) >= 11 is 0. The van der Waals surface area contributed by atoms with E-state index in [1.165, 1.54) is 4.31 Å². The molecule has 3 rings (SSSR count). The monoisotopic (exact) mass is 367 g/mol. The summed E-state index contributed by atoms with van der Waals surface area (Å²) in [5.41, 5.74) is 1.74. The van der Waals surface area contributed by atoms with Crippen molar-refractivity contribution in [2.24, 2.45) is 0 Å². The highest BCUT2D eigenvalue weighted by molar-refractivity contribution is 7.89. The van der Waals surface area contributed by atoms with Gasteiger partial charge in [-0.25, -0.2) is 18.4 Å². The Labute approximate surface area is 148 Å². The van der Waals surface area contributed by atoms with Crippen LogP contribution in [0.3, 0.4) is 0 Å². The molecule has 3 heterocycles. The van der Waals surface area contributed by atoms with Crippen LogP contribution in [-0.4, -0.2) is 65.4 Å². The molecule has 138 valence electrons. The van der Waals surface area contributed by atoms with E-state index in [9.17, 15) is 13.2 Å². The Morgan fingerprint density at radius 3 is 2.44 bits per heavy atom. The molecule has 2 aliphatic heterocycles. The van der Waals surface area contributed by atoms with Crippen LogP contribution in [0.25, 0.3) is 0 Å². The van der Waals surface area contributed by atoms with Gasteiger partial charge in [0.2, 0.25) is 16.0 Å². The van der Waals surface area contributed by atoms with E-state index in [0.717, 1.165) is 31.6 Å². The average Bonchev–Trinajstić information content (AvgIpc) is 3.14. The molecule has 1 amide bonds. The average molecular weight is 367 g/mol. The van der Waals surface area contributed by atoms with Crippen molar-refractivity contribution in [1.29, 1.82) is 0 Å². The lowest BCUT2D eigenvalue weighted by atomic mass is 10.0. The van der Waals surface area contributed by atoms with Crippen LogP contribution in [0, 0.1) is 0 Å². The van der Waals surface area contributed by atoms with Crippen LogP contribution in [-0.2, 0) is 23.0 Å². The maximum atomic E-state index is 12.9. The summed E-state index contributed by atoms with van der Waals surface area (Å²) in [6, 6.07) is 0. The lowest BCUT2D eigenvalue weighted by Crippen LogP contribution is -2.41. The Morgan fingerprint density at radius 1 is 1.16 bits per heavy atom. The lowest BCUT2D eigenvalue weighted by molar-refractivity contribution is 0.0784. The van der Waals surface area contributed by atoms with Gasteiger partial charge in [0, 0.05) is 45.2 Å². The molecule has 0 unspecified atom stereocenters. The van der Waals surface area contributed by atoms with Gasteiger partial charge in [-0.2, -0.15) is 4.31 Å². The van der Waals surface area contributed by atoms with E-state index < -0.39 is 15.3 Å². The minimum Gasteiger partial charge on any atom is -0.357 e. The van der Waals surface area contributed by atoms with Crippen molar-refractivity contribution >= 4 is 21.9 Å². The number of hydrogen-bond donors (Lipinski definition) is 1. The van der Waals surface area contributed by atoms with Gasteiger partial charge in [-0.15, -0.1) is 0 Å². The summed E-state index contributed by atoms with van der Waals surface area (Å²) in [4.78, 5) is 23.5. The highest BCUT2D eigenvalue weighted by Gasteiger charge is 2.34. The Kier molecular flexibility index (Phi) is 4.97. The first-order valence-electron chi connectivity index (χ1n) is 8.70. The molecule has 0 atom stereocenters. The first-order valence-corrected chi connectivity index (χ1v) is 10.2. The summed E-state index contributed by atoms with van der Waals surface area (Å²) in [6.07, 6.45) is 2.47. The summed E-state index contributed by atoms with van der Waals surface area (Å²) in [7, 11) is -1.67. The number of sulfonamides is 1. The largest absolute Gasteiger partial charge is 0.357 e. The van der Waals surface area contributed by atoms with E-state index in [2.05, 4.69) is 15.3 Å². The van der Waals surface area contributed by atoms with Crippen LogP contribution in [0.4, 0.5) is 5.95 Å². The van der Waals surface area contributed by atoms with Gasteiger partial charge >= 0.3 is 0 Å². The first kappa shape index (κ1) is 18.1. The quantitative estimate of drug-likeness (QED) is 0.848. The molecule has 0 saturated carbocycles. The Hall–Kier alpha value is -1.74. The number of rotatable bonds is 4. The number of anilines is 1. The van der Waals surface area contributed by atoms with Crippen molar-refractivity contribution in [1.82, 2.24) is 19.2 Å². The van der Waals surface area contributed by atoms with E-state index in [1.54, 1.807) is 25.8 Å².